The molecule has 1 aliphatic rings. The number of rotatable bonds is 6. The van der Waals surface area contributed by atoms with Gasteiger partial charge in [0.2, 0.25) is 5.91 Å². The van der Waals surface area contributed by atoms with Gasteiger partial charge in [0, 0.05) is 6.54 Å². The van der Waals surface area contributed by atoms with Crippen LogP contribution >= 0.6 is 0 Å². The van der Waals surface area contributed by atoms with Crippen LogP contribution < -0.4 is 15.4 Å². The zero-order chi connectivity index (χ0) is 14.4. The Hall–Kier alpha value is -1.55. The first-order chi connectivity index (χ1) is 9.72. The Morgan fingerprint density at radius 1 is 1.45 bits per heavy atom. The summed E-state index contributed by atoms with van der Waals surface area (Å²) in [7, 11) is 1.67. The van der Waals surface area contributed by atoms with Gasteiger partial charge >= 0.3 is 0 Å². The van der Waals surface area contributed by atoms with E-state index in [1.165, 1.54) is 0 Å². The molecule has 1 unspecified atom stereocenters. The maximum absolute atomic E-state index is 12.3. The summed E-state index contributed by atoms with van der Waals surface area (Å²) in [5.74, 6) is 1.01. The van der Waals surface area contributed by atoms with Crippen molar-refractivity contribution < 1.29 is 9.53 Å². The fourth-order valence-electron chi connectivity index (χ4n) is 2.85. The van der Waals surface area contributed by atoms with Crippen LogP contribution in [0.15, 0.2) is 24.3 Å². The molecule has 1 saturated heterocycles. The van der Waals surface area contributed by atoms with Crippen LogP contribution in [0.25, 0.3) is 0 Å². The van der Waals surface area contributed by atoms with Crippen molar-refractivity contribution in [2.75, 3.05) is 20.2 Å². The zero-order valence-corrected chi connectivity index (χ0v) is 12.4. The fraction of sp³-hybridized carbons (Fsp3) is 0.562. The van der Waals surface area contributed by atoms with Gasteiger partial charge in [-0.2, -0.15) is 0 Å². The summed E-state index contributed by atoms with van der Waals surface area (Å²) in [5.41, 5.74) is 0.779. The monoisotopic (exact) mass is 276 g/mol. The molecule has 0 saturated carbocycles. The molecular weight excluding hydrogens is 252 g/mol. The highest BCUT2D eigenvalue weighted by molar-refractivity contribution is 5.86. The number of benzene rings is 1. The number of carbonyl (C=O) groups is 1. The van der Waals surface area contributed by atoms with Crippen molar-refractivity contribution in [3.8, 4) is 5.75 Å². The minimum atomic E-state index is -0.346. The molecule has 1 amide bonds. The molecule has 2 N–H and O–H groups in total. The van der Waals surface area contributed by atoms with Crippen molar-refractivity contribution in [1.29, 1.82) is 0 Å². The van der Waals surface area contributed by atoms with Crippen molar-refractivity contribution in [1.82, 2.24) is 10.6 Å². The Bertz CT molecular complexity index is 454. The van der Waals surface area contributed by atoms with E-state index in [-0.39, 0.29) is 11.4 Å². The van der Waals surface area contributed by atoms with Crippen LogP contribution in [0.4, 0.5) is 0 Å². The molecule has 4 heteroatoms. The number of hydrogen-bond acceptors (Lipinski definition) is 3. The molecule has 0 radical (unpaired) electrons. The number of para-hydroxylation sites is 1. The van der Waals surface area contributed by atoms with Gasteiger partial charge in [-0.15, -0.1) is 0 Å². The Labute approximate surface area is 120 Å². The summed E-state index contributed by atoms with van der Waals surface area (Å²) >= 11 is 0. The summed E-state index contributed by atoms with van der Waals surface area (Å²) in [5, 5.41) is 6.41. The van der Waals surface area contributed by atoms with Gasteiger partial charge in [-0.1, -0.05) is 25.1 Å². The predicted octanol–water partition coefficient (Wildman–Crippen LogP) is 1.89. The standard InChI is InChI=1S/C16H24N2O2/c1-3-16(10-6-11-18-16)15(19)17-12-9-13-7-4-5-8-14(13)20-2/h4-5,7-8,18H,3,6,9-12H2,1-2H3,(H,17,19). The largest absolute Gasteiger partial charge is 0.496 e. The van der Waals surface area contributed by atoms with Crippen molar-refractivity contribution in [2.45, 2.75) is 38.1 Å². The second-order valence-corrected chi connectivity index (χ2v) is 5.28. The SMILES string of the molecule is CCC1(C(=O)NCCc2ccccc2OC)CCCN1. The van der Waals surface area contributed by atoms with Crippen LogP contribution in [0.3, 0.4) is 0 Å². The van der Waals surface area contributed by atoms with Crippen molar-refractivity contribution in [3.05, 3.63) is 29.8 Å². The molecule has 0 bridgehead atoms. The average molecular weight is 276 g/mol. The Morgan fingerprint density at radius 2 is 2.25 bits per heavy atom. The molecule has 1 heterocycles. The molecule has 1 aliphatic heterocycles. The van der Waals surface area contributed by atoms with E-state index in [9.17, 15) is 4.79 Å². The first kappa shape index (κ1) is 14.9. The van der Waals surface area contributed by atoms with E-state index in [0.29, 0.717) is 6.54 Å². The maximum Gasteiger partial charge on any atom is 0.240 e. The third-order valence-corrected chi connectivity index (χ3v) is 4.15. The van der Waals surface area contributed by atoms with E-state index in [0.717, 1.165) is 43.5 Å². The lowest BCUT2D eigenvalue weighted by molar-refractivity contribution is -0.127. The van der Waals surface area contributed by atoms with Gasteiger partial charge in [-0.25, -0.2) is 0 Å². The van der Waals surface area contributed by atoms with Crippen molar-refractivity contribution in [3.63, 3.8) is 0 Å². The van der Waals surface area contributed by atoms with E-state index in [2.05, 4.69) is 17.6 Å². The summed E-state index contributed by atoms with van der Waals surface area (Å²) < 4.78 is 5.32. The lowest BCUT2D eigenvalue weighted by Crippen LogP contribution is -2.53. The maximum atomic E-state index is 12.3. The van der Waals surface area contributed by atoms with Crippen molar-refractivity contribution >= 4 is 5.91 Å². The minimum Gasteiger partial charge on any atom is -0.496 e. The molecule has 4 nitrogen and oxygen atoms in total. The predicted molar refractivity (Wildman–Crippen MR) is 80.0 cm³/mol. The third-order valence-electron chi connectivity index (χ3n) is 4.15. The molecule has 20 heavy (non-hydrogen) atoms. The minimum absolute atomic E-state index is 0.132. The van der Waals surface area contributed by atoms with Gasteiger partial charge in [0.1, 0.15) is 5.75 Å². The van der Waals surface area contributed by atoms with E-state index in [1.807, 2.05) is 24.3 Å². The molecule has 2 rings (SSSR count). The number of methoxy groups -OCH3 is 1. The van der Waals surface area contributed by atoms with E-state index in [4.69, 9.17) is 4.74 Å². The van der Waals surface area contributed by atoms with Gasteiger partial charge in [0.25, 0.3) is 0 Å². The molecule has 110 valence electrons. The second-order valence-electron chi connectivity index (χ2n) is 5.28. The summed E-state index contributed by atoms with van der Waals surface area (Å²) in [6.07, 6.45) is 3.64. The van der Waals surface area contributed by atoms with Gasteiger partial charge in [0.15, 0.2) is 0 Å². The molecule has 0 aliphatic carbocycles. The van der Waals surface area contributed by atoms with Crippen LogP contribution in [0, 0.1) is 0 Å². The first-order valence-electron chi connectivity index (χ1n) is 7.37. The quantitative estimate of drug-likeness (QED) is 0.834. The third kappa shape index (κ3) is 3.12. The second kappa shape index (κ2) is 6.75. The molecule has 0 aromatic heterocycles. The molecule has 1 atom stereocenters. The van der Waals surface area contributed by atoms with Gasteiger partial charge in [-0.05, 0) is 43.9 Å². The first-order valence-corrected chi connectivity index (χ1v) is 7.37. The van der Waals surface area contributed by atoms with Crippen LogP contribution in [-0.4, -0.2) is 31.6 Å². The molecular formula is C16H24N2O2. The Kier molecular flexibility index (Phi) is 5.01. The van der Waals surface area contributed by atoms with E-state index < -0.39 is 0 Å². The number of hydrogen-bond donors (Lipinski definition) is 2. The summed E-state index contributed by atoms with van der Waals surface area (Å²) in [6, 6.07) is 7.93. The molecule has 0 spiro atoms. The van der Waals surface area contributed by atoms with Gasteiger partial charge < -0.3 is 15.4 Å². The molecule has 1 fully saturated rings. The van der Waals surface area contributed by atoms with Crippen molar-refractivity contribution in [2.24, 2.45) is 0 Å². The lowest BCUT2D eigenvalue weighted by Gasteiger charge is -2.26. The topological polar surface area (TPSA) is 50.4 Å². The Balaban J connectivity index is 1.88. The highest BCUT2D eigenvalue weighted by atomic mass is 16.5. The average Bonchev–Trinajstić information content (AvgIpc) is 2.98. The molecule has 1 aromatic carbocycles. The normalized spacial score (nSPS) is 21.7. The van der Waals surface area contributed by atoms with Crippen LogP contribution in [0.1, 0.15) is 31.7 Å². The highest BCUT2D eigenvalue weighted by Gasteiger charge is 2.38. The summed E-state index contributed by atoms with van der Waals surface area (Å²) in [4.78, 5) is 12.3. The number of nitrogens with one attached hydrogen (secondary N) is 2. The highest BCUT2D eigenvalue weighted by Crippen LogP contribution is 2.23. The van der Waals surface area contributed by atoms with Crippen LogP contribution in [-0.2, 0) is 11.2 Å². The fourth-order valence-corrected chi connectivity index (χ4v) is 2.85. The van der Waals surface area contributed by atoms with Crippen LogP contribution in [0.2, 0.25) is 0 Å². The van der Waals surface area contributed by atoms with E-state index >= 15 is 0 Å². The van der Waals surface area contributed by atoms with Gasteiger partial charge in [-0.3, -0.25) is 4.79 Å². The van der Waals surface area contributed by atoms with Gasteiger partial charge in [0.05, 0.1) is 12.6 Å². The summed E-state index contributed by atoms with van der Waals surface area (Å²) in [6.45, 7) is 3.65. The zero-order valence-electron chi connectivity index (χ0n) is 12.4. The molecule has 1 aromatic rings. The van der Waals surface area contributed by atoms with E-state index in [1.54, 1.807) is 7.11 Å². The van der Waals surface area contributed by atoms with Crippen LogP contribution in [0.5, 0.6) is 5.75 Å². The number of carbonyl (C=O) groups excluding carboxylic acids is 1. The number of ether oxygens (including phenoxy) is 1. The lowest BCUT2D eigenvalue weighted by atomic mass is 9.93. The smallest absolute Gasteiger partial charge is 0.240 e. The number of amides is 1. The Morgan fingerprint density at radius 3 is 2.90 bits per heavy atom.